The quantitative estimate of drug-likeness (QED) is 0.755. The normalized spacial score (nSPS) is 23.8. The molecule has 1 aliphatic heterocycles. The van der Waals surface area contributed by atoms with Crippen LogP contribution in [0.15, 0.2) is 24.3 Å². The van der Waals surface area contributed by atoms with Crippen LogP contribution in [0.2, 0.25) is 0 Å². The Bertz CT molecular complexity index is 447. The predicted octanol–water partition coefficient (Wildman–Crippen LogP) is 3.67. The number of benzene rings is 1. The van der Waals surface area contributed by atoms with Crippen molar-refractivity contribution in [1.82, 2.24) is 4.90 Å². The predicted molar refractivity (Wildman–Crippen MR) is 79.0 cm³/mol. The first-order valence-electron chi connectivity index (χ1n) is 6.27. The van der Waals surface area contributed by atoms with E-state index in [0.717, 1.165) is 10.7 Å². The maximum atomic E-state index is 5.50. The fourth-order valence-corrected chi connectivity index (χ4v) is 3.29. The Balaban J connectivity index is 2.28. The first-order valence-corrected chi connectivity index (χ1v) is 6.67. The highest BCUT2D eigenvalue weighted by atomic mass is 32.1. The van der Waals surface area contributed by atoms with Gasteiger partial charge in [0, 0.05) is 13.0 Å². The van der Waals surface area contributed by atoms with Gasteiger partial charge in [-0.25, -0.2) is 0 Å². The molecule has 1 saturated heterocycles. The number of ether oxygens (including phenoxy) is 1. The van der Waals surface area contributed by atoms with Gasteiger partial charge in [-0.2, -0.15) is 0 Å². The summed E-state index contributed by atoms with van der Waals surface area (Å²) in [5.41, 5.74) is 1.51. The lowest BCUT2D eigenvalue weighted by atomic mass is 9.68. The first kappa shape index (κ1) is 13.3. The van der Waals surface area contributed by atoms with Crippen molar-refractivity contribution in [3.63, 3.8) is 0 Å². The first-order chi connectivity index (χ1) is 8.36. The molecule has 2 atom stereocenters. The van der Waals surface area contributed by atoms with Crippen LogP contribution in [0.1, 0.15) is 32.4 Å². The van der Waals surface area contributed by atoms with Crippen LogP contribution in [0.3, 0.4) is 0 Å². The molecule has 1 fully saturated rings. The molecule has 0 aromatic heterocycles. The highest BCUT2D eigenvalue weighted by Gasteiger charge is 2.48. The van der Waals surface area contributed by atoms with E-state index in [1.807, 2.05) is 12.1 Å². The van der Waals surface area contributed by atoms with Crippen LogP contribution in [0, 0.1) is 11.3 Å². The minimum absolute atomic E-state index is 0.203. The molecule has 0 amide bonds. The molecule has 2 nitrogen and oxygen atoms in total. The highest BCUT2D eigenvalue weighted by molar-refractivity contribution is 7.80. The molecule has 0 radical (unpaired) electrons. The molecule has 3 heteroatoms. The summed E-state index contributed by atoms with van der Waals surface area (Å²) in [6.45, 7) is 6.77. The zero-order valence-corrected chi connectivity index (χ0v) is 12.5. The lowest BCUT2D eigenvalue weighted by Crippen LogP contribution is -2.56. The van der Waals surface area contributed by atoms with Gasteiger partial charge in [0.2, 0.25) is 0 Å². The fourth-order valence-electron chi connectivity index (χ4n) is 2.69. The summed E-state index contributed by atoms with van der Waals surface area (Å²) in [4.78, 5) is 3.27. The smallest absolute Gasteiger partial charge is 0.118 e. The summed E-state index contributed by atoms with van der Waals surface area (Å²) in [5, 5.41) is 0. The Morgan fingerprint density at radius 3 is 2.17 bits per heavy atom. The van der Waals surface area contributed by atoms with Crippen molar-refractivity contribution in [3.05, 3.63) is 29.8 Å². The van der Waals surface area contributed by atoms with Crippen molar-refractivity contribution in [2.45, 2.75) is 26.8 Å². The molecule has 0 spiro atoms. The summed E-state index contributed by atoms with van der Waals surface area (Å²) in [7, 11) is 3.77. The summed E-state index contributed by atoms with van der Waals surface area (Å²) < 4.78 is 5.20. The summed E-state index contributed by atoms with van der Waals surface area (Å²) in [5.74, 6) is 1.33. The molecule has 0 bridgehead atoms. The van der Waals surface area contributed by atoms with E-state index in [2.05, 4.69) is 44.9 Å². The second kappa shape index (κ2) is 4.54. The van der Waals surface area contributed by atoms with Crippen molar-refractivity contribution in [3.8, 4) is 5.75 Å². The van der Waals surface area contributed by atoms with Gasteiger partial charge in [-0.3, -0.25) is 0 Å². The molecule has 2 unspecified atom stereocenters. The van der Waals surface area contributed by atoms with Gasteiger partial charge in [-0.05, 0) is 23.1 Å². The van der Waals surface area contributed by atoms with E-state index in [4.69, 9.17) is 17.0 Å². The zero-order chi connectivity index (χ0) is 13.5. The van der Waals surface area contributed by atoms with Crippen molar-refractivity contribution >= 4 is 17.2 Å². The zero-order valence-electron chi connectivity index (χ0n) is 11.7. The Kier molecular flexibility index (Phi) is 3.37. The number of rotatable bonds is 2. The van der Waals surface area contributed by atoms with Gasteiger partial charge in [0.15, 0.2) is 0 Å². The number of thiocarbonyl (C=S) groups is 1. The highest BCUT2D eigenvalue weighted by Crippen LogP contribution is 2.49. The molecule has 18 heavy (non-hydrogen) atoms. The second-order valence-corrected chi connectivity index (χ2v) is 6.43. The maximum absolute atomic E-state index is 5.50. The molecule has 2 rings (SSSR count). The minimum Gasteiger partial charge on any atom is -0.497 e. The van der Waals surface area contributed by atoms with Crippen LogP contribution in [-0.2, 0) is 0 Å². The Morgan fingerprint density at radius 2 is 1.72 bits per heavy atom. The van der Waals surface area contributed by atoms with Crippen LogP contribution in [0.5, 0.6) is 5.75 Å². The Hall–Kier alpha value is -1.09. The van der Waals surface area contributed by atoms with E-state index < -0.39 is 0 Å². The van der Waals surface area contributed by atoms with Crippen LogP contribution in [0.4, 0.5) is 0 Å². The second-order valence-electron chi connectivity index (χ2n) is 6.01. The van der Waals surface area contributed by atoms with Crippen molar-refractivity contribution in [2.75, 3.05) is 14.2 Å². The van der Waals surface area contributed by atoms with Crippen LogP contribution in [0.25, 0.3) is 0 Å². The summed E-state index contributed by atoms with van der Waals surface area (Å²) in [6, 6.07) is 8.71. The van der Waals surface area contributed by atoms with Gasteiger partial charge in [0.1, 0.15) is 5.75 Å². The number of likely N-dealkylation sites (tertiary alicyclic amines) is 1. The average molecular weight is 263 g/mol. The van der Waals surface area contributed by atoms with E-state index in [9.17, 15) is 0 Å². The van der Waals surface area contributed by atoms with E-state index in [0.29, 0.717) is 12.0 Å². The Morgan fingerprint density at radius 1 is 1.17 bits per heavy atom. The molecular formula is C15H21NOS. The Labute approximate surface area is 115 Å². The minimum atomic E-state index is 0.203. The van der Waals surface area contributed by atoms with E-state index >= 15 is 0 Å². The molecule has 1 heterocycles. The third-order valence-corrected chi connectivity index (χ3v) is 4.28. The van der Waals surface area contributed by atoms with Crippen LogP contribution >= 0.6 is 12.2 Å². The van der Waals surface area contributed by atoms with Gasteiger partial charge in [0.25, 0.3) is 0 Å². The lowest BCUT2D eigenvalue weighted by Gasteiger charge is -2.53. The number of hydrogen-bond acceptors (Lipinski definition) is 2. The van der Waals surface area contributed by atoms with Gasteiger partial charge in [-0.15, -0.1) is 0 Å². The lowest BCUT2D eigenvalue weighted by molar-refractivity contribution is 0.119. The third kappa shape index (κ3) is 2.12. The number of methoxy groups -OCH3 is 1. The average Bonchev–Trinajstić information content (AvgIpc) is 2.33. The van der Waals surface area contributed by atoms with Crippen LogP contribution < -0.4 is 4.74 Å². The van der Waals surface area contributed by atoms with Crippen molar-refractivity contribution in [2.24, 2.45) is 11.3 Å². The largest absolute Gasteiger partial charge is 0.497 e. The monoisotopic (exact) mass is 263 g/mol. The van der Waals surface area contributed by atoms with E-state index in [-0.39, 0.29) is 5.41 Å². The summed E-state index contributed by atoms with van der Waals surface area (Å²) >= 11 is 5.50. The summed E-state index contributed by atoms with van der Waals surface area (Å²) in [6.07, 6.45) is 0. The van der Waals surface area contributed by atoms with Crippen LogP contribution in [-0.4, -0.2) is 24.0 Å². The van der Waals surface area contributed by atoms with Gasteiger partial charge >= 0.3 is 0 Å². The molecule has 1 aromatic carbocycles. The molecule has 1 aliphatic rings. The van der Waals surface area contributed by atoms with Crippen molar-refractivity contribution < 1.29 is 4.74 Å². The van der Waals surface area contributed by atoms with E-state index in [1.165, 1.54) is 5.56 Å². The maximum Gasteiger partial charge on any atom is 0.118 e. The SMILES string of the molecule is COc1ccc(C2C(C(C)(C)C)C(=S)N2C)cc1. The van der Waals surface area contributed by atoms with E-state index in [1.54, 1.807) is 7.11 Å². The topological polar surface area (TPSA) is 12.5 Å². The standard InChI is InChI=1S/C15H21NOS/c1-15(2,3)12-13(16(4)14(12)18)10-6-8-11(17-5)9-7-10/h6-9,12-13H,1-5H3. The van der Waals surface area contributed by atoms with Crippen molar-refractivity contribution in [1.29, 1.82) is 0 Å². The van der Waals surface area contributed by atoms with Gasteiger partial charge < -0.3 is 9.64 Å². The molecule has 0 aliphatic carbocycles. The fraction of sp³-hybridized carbons (Fsp3) is 0.533. The molecule has 0 saturated carbocycles. The molecule has 98 valence electrons. The molecule has 1 aromatic rings. The molecule has 0 N–H and O–H groups in total. The van der Waals surface area contributed by atoms with Gasteiger partial charge in [-0.1, -0.05) is 45.1 Å². The third-order valence-electron chi connectivity index (χ3n) is 3.74. The molecular weight excluding hydrogens is 242 g/mol. The number of nitrogens with zero attached hydrogens (tertiary/aromatic N) is 1. The van der Waals surface area contributed by atoms with Gasteiger partial charge in [0.05, 0.1) is 18.1 Å². The number of hydrogen-bond donors (Lipinski definition) is 0.